The van der Waals surface area contributed by atoms with Crippen LogP contribution in [0.15, 0.2) is 48.7 Å². The van der Waals surface area contributed by atoms with Gasteiger partial charge in [0, 0.05) is 55.9 Å². The lowest BCUT2D eigenvalue weighted by Crippen LogP contribution is -2.41. The fraction of sp³-hybridized carbons (Fsp3) is 0.500. The zero-order valence-electron chi connectivity index (χ0n) is 22.6. The molecule has 0 aliphatic carbocycles. The molecule has 1 amide bonds. The van der Waals surface area contributed by atoms with Crippen molar-refractivity contribution in [1.29, 1.82) is 0 Å². The molecule has 1 aromatic heterocycles. The van der Waals surface area contributed by atoms with Crippen LogP contribution >= 0.6 is 11.6 Å². The molecular formula is C30H39ClFN3O3. The second-order valence-corrected chi connectivity index (χ2v) is 11.5. The van der Waals surface area contributed by atoms with Crippen LogP contribution in [-0.4, -0.2) is 54.0 Å². The number of nitrogens with one attached hydrogen (secondary N) is 1. The molecule has 3 aromatic rings. The number of hydrogen-bond donors (Lipinski definition) is 1. The summed E-state index contributed by atoms with van der Waals surface area (Å²) in [5.74, 6) is 0.332. The van der Waals surface area contributed by atoms with Gasteiger partial charge in [0.05, 0.1) is 12.1 Å². The van der Waals surface area contributed by atoms with Crippen LogP contribution in [0.5, 0.6) is 0 Å². The average Bonchev–Trinajstić information content (AvgIpc) is 3.26. The molecule has 8 heteroatoms. The van der Waals surface area contributed by atoms with Crippen molar-refractivity contribution in [2.24, 2.45) is 5.92 Å². The first-order valence-electron chi connectivity index (χ1n) is 13.5. The average molecular weight is 544 g/mol. The lowest BCUT2D eigenvalue weighted by atomic mass is 9.94. The minimum atomic E-state index is -0.459. The number of ether oxygens (including phenoxy) is 2. The summed E-state index contributed by atoms with van der Waals surface area (Å²) in [6.07, 6.45) is 4.74. The smallest absolute Gasteiger partial charge is 0.410 e. The first-order valence-corrected chi connectivity index (χ1v) is 13.8. The number of piperidine rings is 1. The zero-order valence-corrected chi connectivity index (χ0v) is 23.4. The topological polar surface area (TPSA) is 55.7 Å². The molecule has 0 unspecified atom stereocenters. The summed E-state index contributed by atoms with van der Waals surface area (Å²) in [7, 11) is 0. The van der Waals surface area contributed by atoms with Gasteiger partial charge in [0.1, 0.15) is 11.4 Å². The molecular weight excluding hydrogens is 505 g/mol. The fourth-order valence-corrected chi connectivity index (χ4v) is 4.98. The molecule has 1 fully saturated rings. The highest BCUT2D eigenvalue weighted by molar-refractivity contribution is 6.30. The first kappa shape index (κ1) is 28.4. The number of amides is 1. The molecule has 2 heterocycles. The van der Waals surface area contributed by atoms with Gasteiger partial charge in [0.15, 0.2) is 0 Å². The second-order valence-electron chi connectivity index (χ2n) is 11.1. The van der Waals surface area contributed by atoms with E-state index in [-0.39, 0.29) is 11.9 Å². The monoisotopic (exact) mass is 543 g/mol. The molecule has 1 N–H and O–H groups in total. The Morgan fingerprint density at radius 2 is 1.84 bits per heavy atom. The number of likely N-dealkylation sites (tertiary alicyclic amines) is 1. The van der Waals surface area contributed by atoms with Crippen molar-refractivity contribution in [2.45, 2.75) is 58.7 Å². The van der Waals surface area contributed by atoms with Gasteiger partial charge < -0.3 is 24.3 Å². The molecule has 1 aliphatic rings. The number of halogens is 2. The van der Waals surface area contributed by atoms with E-state index < -0.39 is 5.60 Å². The van der Waals surface area contributed by atoms with E-state index in [1.165, 1.54) is 0 Å². The lowest BCUT2D eigenvalue weighted by Gasteiger charge is -2.33. The predicted octanol–water partition coefficient (Wildman–Crippen LogP) is 6.63. The van der Waals surface area contributed by atoms with E-state index in [1.807, 2.05) is 62.2 Å². The SMILES string of the molecule is CC(C)(C)OC(=O)N1CCC(CCOCCNCc2cc(F)cc3c2ccn3Cc2ccc(Cl)cc2)CC1. The third-order valence-corrected chi connectivity index (χ3v) is 7.13. The predicted molar refractivity (Wildman–Crippen MR) is 150 cm³/mol. The van der Waals surface area contributed by atoms with Crippen LogP contribution in [0.4, 0.5) is 9.18 Å². The molecule has 0 spiro atoms. The van der Waals surface area contributed by atoms with Crippen molar-refractivity contribution >= 4 is 28.6 Å². The third-order valence-electron chi connectivity index (χ3n) is 6.88. The van der Waals surface area contributed by atoms with Gasteiger partial charge in [-0.25, -0.2) is 9.18 Å². The molecule has 4 rings (SSSR count). The molecule has 38 heavy (non-hydrogen) atoms. The van der Waals surface area contributed by atoms with E-state index in [2.05, 4.69) is 9.88 Å². The number of fused-ring (bicyclic) bond motifs is 1. The van der Waals surface area contributed by atoms with Gasteiger partial charge in [-0.15, -0.1) is 0 Å². The third kappa shape index (κ3) is 8.19. The summed E-state index contributed by atoms with van der Waals surface area (Å²) in [5.41, 5.74) is 2.47. The van der Waals surface area contributed by atoms with E-state index in [0.717, 1.165) is 54.4 Å². The number of aromatic nitrogens is 1. The Morgan fingerprint density at radius 3 is 2.55 bits per heavy atom. The van der Waals surface area contributed by atoms with E-state index in [1.54, 1.807) is 12.1 Å². The van der Waals surface area contributed by atoms with Crippen molar-refractivity contribution in [2.75, 3.05) is 32.8 Å². The molecule has 2 aromatic carbocycles. The normalized spacial score (nSPS) is 14.8. The Balaban J connectivity index is 1.16. The highest BCUT2D eigenvalue weighted by Crippen LogP contribution is 2.24. The maximum atomic E-state index is 14.4. The van der Waals surface area contributed by atoms with Crippen LogP contribution in [0.1, 0.15) is 51.2 Å². The standard InChI is InChI=1S/C30H39ClFN3O3/c1-30(2,3)38-29(36)34-13-8-22(9-14-34)11-16-37-17-12-33-20-24-18-26(32)19-28-27(24)10-15-35(28)21-23-4-6-25(31)7-5-23/h4-7,10,15,18-19,22,33H,8-9,11-14,16-17,20-21H2,1-3H3. The molecule has 1 aliphatic heterocycles. The summed E-state index contributed by atoms with van der Waals surface area (Å²) in [6, 6.07) is 13.0. The Morgan fingerprint density at radius 1 is 1.11 bits per heavy atom. The van der Waals surface area contributed by atoms with Crippen molar-refractivity contribution in [1.82, 2.24) is 14.8 Å². The van der Waals surface area contributed by atoms with Crippen LogP contribution in [-0.2, 0) is 22.6 Å². The number of carbonyl (C=O) groups is 1. The van der Waals surface area contributed by atoms with Gasteiger partial charge in [-0.3, -0.25) is 0 Å². The van der Waals surface area contributed by atoms with E-state index in [0.29, 0.717) is 43.8 Å². The zero-order chi connectivity index (χ0) is 27.1. The number of rotatable bonds is 10. The van der Waals surface area contributed by atoms with Crippen LogP contribution in [0.3, 0.4) is 0 Å². The van der Waals surface area contributed by atoms with Gasteiger partial charge in [-0.2, -0.15) is 0 Å². The Kier molecular flexibility index (Phi) is 9.69. The van der Waals surface area contributed by atoms with Gasteiger partial charge in [-0.1, -0.05) is 23.7 Å². The Bertz CT molecular complexity index is 1200. The number of nitrogens with zero attached hydrogens (tertiary/aromatic N) is 2. The molecule has 1 saturated heterocycles. The number of carbonyl (C=O) groups excluding carboxylic acids is 1. The number of benzene rings is 2. The maximum absolute atomic E-state index is 14.4. The van der Waals surface area contributed by atoms with Crippen molar-refractivity contribution in [3.8, 4) is 0 Å². The molecule has 0 radical (unpaired) electrons. The van der Waals surface area contributed by atoms with Crippen LogP contribution in [0.2, 0.25) is 5.02 Å². The first-order chi connectivity index (χ1) is 18.2. The summed E-state index contributed by atoms with van der Waals surface area (Å²) in [5, 5.41) is 5.14. The second kappa shape index (κ2) is 13.0. The highest BCUT2D eigenvalue weighted by atomic mass is 35.5. The largest absolute Gasteiger partial charge is 0.444 e. The summed E-state index contributed by atoms with van der Waals surface area (Å²) in [4.78, 5) is 14.0. The van der Waals surface area contributed by atoms with Gasteiger partial charge >= 0.3 is 6.09 Å². The van der Waals surface area contributed by atoms with E-state index in [4.69, 9.17) is 21.1 Å². The van der Waals surface area contributed by atoms with E-state index >= 15 is 0 Å². The van der Waals surface area contributed by atoms with Crippen LogP contribution in [0.25, 0.3) is 10.9 Å². The van der Waals surface area contributed by atoms with Crippen LogP contribution in [0, 0.1) is 11.7 Å². The van der Waals surface area contributed by atoms with E-state index in [9.17, 15) is 9.18 Å². The fourth-order valence-electron chi connectivity index (χ4n) is 4.85. The summed E-state index contributed by atoms with van der Waals surface area (Å²) >= 11 is 6.00. The summed E-state index contributed by atoms with van der Waals surface area (Å²) in [6.45, 7) is 10.4. The van der Waals surface area contributed by atoms with Crippen molar-refractivity contribution in [3.63, 3.8) is 0 Å². The van der Waals surface area contributed by atoms with Gasteiger partial charge in [0.2, 0.25) is 0 Å². The highest BCUT2D eigenvalue weighted by Gasteiger charge is 2.26. The molecule has 0 atom stereocenters. The van der Waals surface area contributed by atoms with Gasteiger partial charge in [0.25, 0.3) is 0 Å². The quantitative estimate of drug-likeness (QED) is 0.292. The molecule has 0 bridgehead atoms. The lowest BCUT2D eigenvalue weighted by molar-refractivity contribution is 0.0167. The van der Waals surface area contributed by atoms with Crippen molar-refractivity contribution in [3.05, 3.63) is 70.6 Å². The minimum Gasteiger partial charge on any atom is -0.444 e. The molecule has 0 saturated carbocycles. The van der Waals surface area contributed by atoms with Crippen LogP contribution < -0.4 is 5.32 Å². The molecule has 206 valence electrons. The maximum Gasteiger partial charge on any atom is 0.410 e. The summed E-state index contributed by atoms with van der Waals surface area (Å²) < 4.78 is 27.8. The Hall–Kier alpha value is -2.61. The van der Waals surface area contributed by atoms with Crippen molar-refractivity contribution < 1.29 is 18.7 Å². The molecule has 6 nitrogen and oxygen atoms in total. The van der Waals surface area contributed by atoms with Gasteiger partial charge in [-0.05, 0) is 87.4 Å². The number of hydrogen-bond acceptors (Lipinski definition) is 4. The Labute approximate surface area is 230 Å². The minimum absolute atomic E-state index is 0.216.